The summed E-state index contributed by atoms with van der Waals surface area (Å²) in [5.41, 5.74) is 1.44. The Balaban J connectivity index is 2.70. The van der Waals surface area contributed by atoms with E-state index in [0.717, 1.165) is 11.6 Å². The third kappa shape index (κ3) is 6.14. The van der Waals surface area contributed by atoms with Crippen LogP contribution in [0.15, 0.2) is 30.3 Å². The van der Waals surface area contributed by atoms with Crippen LogP contribution in [0.1, 0.15) is 18.1 Å². The molecule has 0 saturated heterocycles. The molecule has 0 atom stereocenters. The highest BCUT2D eigenvalue weighted by atomic mass is 32.2. The Kier molecular flexibility index (Phi) is 5.68. The molecule has 0 aromatic heterocycles. The van der Waals surface area contributed by atoms with Crippen LogP contribution in [-0.4, -0.2) is 26.0 Å². The Morgan fingerprint density at radius 3 is 2.74 bits per heavy atom. The molecule has 6 nitrogen and oxygen atoms in total. The first-order valence-electron chi connectivity index (χ1n) is 5.67. The Morgan fingerprint density at radius 1 is 1.37 bits per heavy atom. The lowest BCUT2D eigenvalue weighted by Gasteiger charge is -2.07. The van der Waals surface area contributed by atoms with E-state index in [-0.39, 0.29) is 6.54 Å². The van der Waals surface area contributed by atoms with Crippen LogP contribution in [0, 0.1) is 0 Å². The van der Waals surface area contributed by atoms with Crippen molar-refractivity contribution in [2.45, 2.75) is 13.5 Å². The third-order valence-corrected chi connectivity index (χ3v) is 3.36. The van der Waals surface area contributed by atoms with E-state index in [2.05, 4.69) is 9.44 Å². The van der Waals surface area contributed by atoms with E-state index in [1.165, 1.54) is 6.08 Å². The molecule has 1 aromatic rings. The van der Waals surface area contributed by atoms with E-state index in [9.17, 15) is 13.2 Å². The van der Waals surface area contributed by atoms with E-state index >= 15 is 0 Å². The molecule has 0 radical (unpaired) electrons. The highest BCUT2D eigenvalue weighted by Gasteiger charge is 2.06. The summed E-state index contributed by atoms with van der Waals surface area (Å²) in [4.78, 5) is 10.4. The van der Waals surface area contributed by atoms with Crippen molar-refractivity contribution in [3.63, 3.8) is 0 Å². The van der Waals surface area contributed by atoms with Crippen LogP contribution >= 0.6 is 0 Å². The zero-order valence-electron chi connectivity index (χ0n) is 10.5. The lowest BCUT2D eigenvalue weighted by molar-refractivity contribution is -0.131. The molecule has 0 spiro atoms. The molecule has 0 fully saturated rings. The van der Waals surface area contributed by atoms with Gasteiger partial charge in [0.2, 0.25) is 0 Å². The first-order valence-corrected chi connectivity index (χ1v) is 7.15. The van der Waals surface area contributed by atoms with E-state index in [1.54, 1.807) is 31.2 Å². The van der Waals surface area contributed by atoms with Crippen LogP contribution in [0.3, 0.4) is 0 Å². The van der Waals surface area contributed by atoms with Crippen molar-refractivity contribution in [1.29, 1.82) is 0 Å². The smallest absolute Gasteiger partial charge is 0.328 e. The first-order chi connectivity index (χ1) is 8.93. The quantitative estimate of drug-likeness (QED) is 0.643. The number of nitrogens with one attached hydrogen (secondary N) is 2. The second-order valence-corrected chi connectivity index (χ2v) is 5.32. The van der Waals surface area contributed by atoms with E-state index in [0.29, 0.717) is 12.1 Å². The number of aliphatic carboxylic acids is 1. The topological polar surface area (TPSA) is 95.5 Å². The van der Waals surface area contributed by atoms with Gasteiger partial charge in [-0.25, -0.2) is 9.52 Å². The van der Waals surface area contributed by atoms with Gasteiger partial charge in [-0.15, -0.1) is 0 Å². The van der Waals surface area contributed by atoms with Crippen molar-refractivity contribution in [3.05, 3.63) is 41.5 Å². The van der Waals surface area contributed by atoms with Gasteiger partial charge in [-0.1, -0.05) is 31.2 Å². The third-order valence-electron chi connectivity index (χ3n) is 2.17. The Hall–Kier alpha value is -1.70. The molecule has 0 amide bonds. The summed E-state index contributed by atoms with van der Waals surface area (Å²) in [7, 11) is -3.48. The molecule has 0 aliphatic rings. The molecule has 0 bridgehead atoms. The maximum atomic E-state index is 11.4. The van der Waals surface area contributed by atoms with E-state index in [4.69, 9.17) is 5.11 Å². The van der Waals surface area contributed by atoms with Gasteiger partial charge in [-0.05, 0) is 17.2 Å². The van der Waals surface area contributed by atoms with E-state index < -0.39 is 16.2 Å². The van der Waals surface area contributed by atoms with Crippen LogP contribution in [0.5, 0.6) is 0 Å². The van der Waals surface area contributed by atoms with Gasteiger partial charge in [0.1, 0.15) is 0 Å². The number of carboxylic acid groups (broad SMARTS) is 1. The molecule has 0 aliphatic heterocycles. The van der Waals surface area contributed by atoms with Gasteiger partial charge >= 0.3 is 5.97 Å². The highest BCUT2D eigenvalue weighted by Crippen LogP contribution is 2.07. The summed E-state index contributed by atoms with van der Waals surface area (Å²) < 4.78 is 27.5. The molecule has 0 heterocycles. The highest BCUT2D eigenvalue weighted by molar-refractivity contribution is 7.87. The molecule has 104 valence electrons. The van der Waals surface area contributed by atoms with Crippen molar-refractivity contribution < 1.29 is 18.3 Å². The van der Waals surface area contributed by atoms with Gasteiger partial charge in [0.25, 0.3) is 10.2 Å². The number of carboxylic acids is 1. The normalized spacial score (nSPS) is 11.8. The number of hydrogen-bond acceptors (Lipinski definition) is 3. The molecule has 1 rings (SSSR count). The van der Waals surface area contributed by atoms with Crippen LogP contribution in [0.2, 0.25) is 0 Å². The van der Waals surface area contributed by atoms with Gasteiger partial charge in [0, 0.05) is 19.2 Å². The number of benzene rings is 1. The SMILES string of the molecule is CCNS(=O)(=O)NCc1cccc(/C=C/C(=O)O)c1. The average Bonchev–Trinajstić information content (AvgIpc) is 2.35. The lowest BCUT2D eigenvalue weighted by Crippen LogP contribution is -2.35. The van der Waals surface area contributed by atoms with Crippen molar-refractivity contribution in [3.8, 4) is 0 Å². The van der Waals surface area contributed by atoms with Gasteiger partial charge in [0.05, 0.1) is 0 Å². The Morgan fingerprint density at radius 2 is 2.11 bits per heavy atom. The van der Waals surface area contributed by atoms with Crippen LogP contribution in [0.4, 0.5) is 0 Å². The molecule has 19 heavy (non-hydrogen) atoms. The summed E-state index contributed by atoms with van der Waals surface area (Å²) >= 11 is 0. The fourth-order valence-electron chi connectivity index (χ4n) is 1.39. The monoisotopic (exact) mass is 284 g/mol. The number of hydrogen-bond donors (Lipinski definition) is 3. The molecule has 0 saturated carbocycles. The molecular formula is C12H16N2O4S. The van der Waals surface area contributed by atoms with Crippen LogP contribution in [-0.2, 0) is 21.5 Å². The molecule has 0 aliphatic carbocycles. The summed E-state index contributed by atoms with van der Waals surface area (Å²) in [6.07, 6.45) is 2.48. The van der Waals surface area contributed by atoms with Crippen molar-refractivity contribution in [2.24, 2.45) is 0 Å². The minimum atomic E-state index is -3.48. The maximum Gasteiger partial charge on any atom is 0.328 e. The fourth-order valence-corrected chi connectivity index (χ4v) is 2.23. The van der Waals surface area contributed by atoms with E-state index in [1.807, 2.05) is 0 Å². The van der Waals surface area contributed by atoms with Gasteiger partial charge < -0.3 is 5.11 Å². The van der Waals surface area contributed by atoms with Crippen molar-refractivity contribution >= 4 is 22.3 Å². The van der Waals surface area contributed by atoms with Gasteiger partial charge in [0.15, 0.2) is 0 Å². The molecule has 3 N–H and O–H groups in total. The standard InChI is InChI=1S/C12H16N2O4S/c1-2-13-19(17,18)14-9-11-5-3-4-10(8-11)6-7-12(15)16/h3-8,13-14H,2,9H2,1H3,(H,15,16)/b7-6+. The van der Waals surface area contributed by atoms with Crippen LogP contribution in [0.25, 0.3) is 6.08 Å². The average molecular weight is 284 g/mol. The number of carbonyl (C=O) groups is 1. The minimum absolute atomic E-state index is 0.143. The van der Waals surface area contributed by atoms with Gasteiger partial charge in [-0.3, -0.25) is 0 Å². The molecular weight excluding hydrogens is 268 g/mol. The summed E-state index contributed by atoms with van der Waals surface area (Å²) in [5.74, 6) is -1.03. The largest absolute Gasteiger partial charge is 0.478 e. The second-order valence-electron chi connectivity index (χ2n) is 3.74. The molecule has 0 unspecified atom stereocenters. The van der Waals surface area contributed by atoms with Gasteiger partial charge in [-0.2, -0.15) is 13.1 Å². The predicted octanol–water partition coefficient (Wildman–Crippen LogP) is 0.728. The minimum Gasteiger partial charge on any atom is -0.478 e. The molecule has 7 heteroatoms. The lowest BCUT2D eigenvalue weighted by atomic mass is 10.1. The fraction of sp³-hybridized carbons (Fsp3) is 0.250. The Bertz CT molecular complexity index is 567. The van der Waals surface area contributed by atoms with Crippen LogP contribution < -0.4 is 9.44 Å². The Labute approximate surface area is 112 Å². The number of rotatable bonds is 7. The van der Waals surface area contributed by atoms with Crippen molar-refractivity contribution in [1.82, 2.24) is 9.44 Å². The first kappa shape index (κ1) is 15.4. The molecule has 1 aromatic carbocycles. The summed E-state index contributed by atoms with van der Waals surface area (Å²) in [5, 5.41) is 8.53. The predicted molar refractivity (Wildman–Crippen MR) is 72.5 cm³/mol. The second kappa shape index (κ2) is 7.03. The van der Waals surface area contributed by atoms with Crippen molar-refractivity contribution in [2.75, 3.05) is 6.54 Å². The summed E-state index contributed by atoms with van der Waals surface area (Å²) in [6, 6.07) is 6.95. The summed E-state index contributed by atoms with van der Waals surface area (Å²) in [6.45, 7) is 2.15. The zero-order chi connectivity index (χ0) is 14.3. The zero-order valence-corrected chi connectivity index (χ0v) is 11.3. The maximum absolute atomic E-state index is 11.4.